The highest BCUT2D eigenvalue weighted by atomic mass is 32.2. The van der Waals surface area contributed by atoms with Crippen LogP contribution in [0.4, 0.5) is 0 Å². The Morgan fingerprint density at radius 2 is 2.13 bits per heavy atom. The molecule has 0 bridgehead atoms. The number of nitrogens with one attached hydrogen (secondary N) is 1. The van der Waals surface area contributed by atoms with E-state index in [4.69, 9.17) is 0 Å². The van der Waals surface area contributed by atoms with Gasteiger partial charge in [-0.25, -0.2) is 8.42 Å². The van der Waals surface area contributed by atoms with Gasteiger partial charge >= 0.3 is 0 Å². The number of piperidine rings is 1. The molecule has 0 amide bonds. The molecule has 0 aromatic carbocycles. The van der Waals surface area contributed by atoms with E-state index < -0.39 is 10.0 Å². The van der Waals surface area contributed by atoms with Crippen LogP contribution >= 0.6 is 0 Å². The van der Waals surface area contributed by atoms with Crippen LogP contribution in [0.3, 0.4) is 0 Å². The van der Waals surface area contributed by atoms with Gasteiger partial charge in [-0.3, -0.25) is 0 Å². The van der Waals surface area contributed by atoms with Crippen molar-refractivity contribution in [3.8, 4) is 0 Å². The Bertz CT molecular complexity index is 290. The van der Waals surface area contributed by atoms with Gasteiger partial charge in [0.15, 0.2) is 0 Å². The third kappa shape index (κ3) is 2.92. The molecule has 1 aliphatic heterocycles. The van der Waals surface area contributed by atoms with Gasteiger partial charge in [0.2, 0.25) is 10.0 Å². The molecule has 1 rings (SSSR count). The number of rotatable bonds is 4. The molecule has 2 unspecified atom stereocenters. The van der Waals surface area contributed by atoms with Crippen LogP contribution in [0.2, 0.25) is 0 Å². The van der Waals surface area contributed by atoms with Crippen molar-refractivity contribution in [1.29, 1.82) is 0 Å². The van der Waals surface area contributed by atoms with Gasteiger partial charge in [0, 0.05) is 19.1 Å². The first-order valence-electron chi connectivity index (χ1n) is 5.65. The molecule has 2 atom stereocenters. The SMILES string of the molecule is CNCC(C)S(=O)(=O)N1CCCCC1C. The summed E-state index contributed by atoms with van der Waals surface area (Å²) in [5, 5.41) is 2.59. The lowest BCUT2D eigenvalue weighted by Gasteiger charge is -2.34. The summed E-state index contributed by atoms with van der Waals surface area (Å²) in [6.07, 6.45) is 3.13. The zero-order valence-corrected chi connectivity index (χ0v) is 10.7. The first kappa shape index (κ1) is 12.9. The van der Waals surface area contributed by atoms with Gasteiger partial charge < -0.3 is 5.32 Å². The minimum atomic E-state index is -3.10. The maximum Gasteiger partial charge on any atom is 0.218 e. The van der Waals surface area contributed by atoms with Crippen molar-refractivity contribution in [3.05, 3.63) is 0 Å². The van der Waals surface area contributed by atoms with Crippen LogP contribution in [0.25, 0.3) is 0 Å². The molecule has 1 saturated heterocycles. The van der Waals surface area contributed by atoms with Gasteiger partial charge in [0.25, 0.3) is 0 Å². The average molecular weight is 234 g/mol. The van der Waals surface area contributed by atoms with E-state index in [-0.39, 0.29) is 11.3 Å². The van der Waals surface area contributed by atoms with E-state index in [1.54, 1.807) is 18.3 Å². The average Bonchev–Trinajstić information content (AvgIpc) is 2.18. The van der Waals surface area contributed by atoms with Gasteiger partial charge in [0.05, 0.1) is 5.25 Å². The molecule has 1 aliphatic rings. The number of hydrogen-bond donors (Lipinski definition) is 1. The van der Waals surface area contributed by atoms with Crippen LogP contribution in [0.1, 0.15) is 33.1 Å². The van der Waals surface area contributed by atoms with Crippen LogP contribution in [-0.2, 0) is 10.0 Å². The van der Waals surface area contributed by atoms with Gasteiger partial charge in [-0.05, 0) is 33.7 Å². The highest BCUT2D eigenvalue weighted by Crippen LogP contribution is 2.22. The summed E-state index contributed by atoms with van der Waals surface area (Å²) in [5.74, 6) is 0. The fourth-order valence-electron chi connectivity index (χ4n) is 2.07. The lowest BCUT2D eigenvalue weighted by molar-refractivity contribution is 0.266. The maximum atomic E-state index is 12.2. The minimum Gasteiger partial charge on any atom is -0.318 e. The summed E-state index contributed by atoms with van der Waals surface area (Å²) in [6.45, 7) is 4.99. The second kappa shape index (κ2) is 5.27. The van der Waals surface area contributed by atoms with E-state index >= 15 is 0 Å². The molecule has 90 valence electrons. The van der Waals surface area contributed by atoms with Crippen LogP contribution in [-0.4, -0.2) is 44.2 Å². The molecule has 15 heavy (non-hydrogen) atoms. The van der Waals surface area contributed by atoms with Crippen LogP contribution in [0.5, 0.6) is 0 Å². The summed E-state index contributed by atoms with van der Waals surface area (Å²) in [6, 6.07) is 0.169. The number of hydrogen-bond acceptors (Lipinski definition) is 3. The summed E-state index contributed by atoms with van der Waals surface area (Å²) in [7, 11) is -1.32. The maximum absolute atomic E-state index is 12.2. The Morgan fingerprint density at radius 3 is 2.67 bits per heavy atom. The zero-order valence-electron chi connectivity index (χ0n) is 9.86. The fourth-order valence-corrected chi connectivity index (χ4v) is 3.90. The first-order chi connectivity index (χ1) is 7.00. The van der Waals surface area contributed by atoms with Crippen LogP contribution < -0.4 is 5.32 Å². The molecule has 0 radical (unpaired) electrons. The van der Waals surface area contributed by atoms with Gasteiger partial charge in [-0.1, -0.05) is 6.42 Å². The Kier molecular flexibility index (Phi) is 4.55. The molecule has 0 spiro atoms. The second-order valence-electron chi connectivity index (χ2n) is 4.37. The lowest BCUT2D eigenvalue weighted by Crippen LogP contribution is -2.47. The molecular weight excluding hydrogens is 212 g/mol. The molecule has 0 aromatic heterocycles. The van der Waals surface area contributed by atoms with E-state index in [9.17, 15) is 8.42 Å². The molecule has 1 N–H and O–H groups in total. The summed E-state index contributed by atoms with van der Waals surface area (Å²) in [4.78, 5) is 0. The highest BCUT2D eigenvalue weighted by molar-refractivity contribution is 7.89. The molecule has 0 saturated carbocycles. The monoisotopic (exact) mass is 234 g/mol. The van der Waals surface area contributed by atoms with Crippen molar-refractivity contribution in [3.63, 3.8) is 0 Å². The smallest absolute Gasteiger partial charge is 0.218 e. The van der Waals surface area contributed by atoms with Crippen molar-refractivity contribution < 1.29 is 8.42 Å². The lowest BCUT2D eigenvalue weighted by atomic mass is 10.1. The molecule has 4 nitrogen and oxygen atoms in total. The number of nitrogens with zero attached hydrogens (tertiary/aromatic N) is 1. The van der Waals surface area contributed by atoms with Gasteiger partial charge in [-0.2, -0.15) is 4.31 Å². The zero-order chi connectivity index (χ0) is 11.5. The molecule has 5 heteroatoms. The van der Waals surface area contributed by atoms with E-state index in [2.05, 4.69) is 5.32 Å². The highest BCUT2D eigenvalue weighted by Gasteiger charge is 2.33. The summed E-state index contributed by atoms with van der Waals surface area (Å²) < 4.78 is 26.0. The molecule has 1 fully saturated rings. The predicted molar refractivity (Wildman–Crippen MR) is 62.3 cm³/mol. The third-order valence-corrected chi connectivity index (χ3v) is 5.45. The molecule has 0 aromatic rings. The Morgan fingerprint density at radius 1 is 1.47 bits per heavy atom. The minimum absolute atomic E-state index is 0.169. The summed E-state index contributed by atoms with van der Waals surface area (Å²) in [5.41, 5.74) is 0. The van der Waals surface area contributed by atoms with Crippen molar-refractivity contribution in [2.45, 2.75) is 44.4 Å². The third-order valence-electron chi connectivity index (χ3n) is 3.07. The van der Waals surface area contributed by atoms with Crippen molar-refractivity contribution in [2.24, 2.45) is 0 Å². The van der Waals surface area contributed by atoms with Crippen LogP contribution in [0, 0.1) is 0 Å². The van der Waals surface area contributed by atoms with Crippen LogP contribution in [0.15, 0.2) is 0 Å². The topological polar surface area (TPSA) is 49.4 Å². The summed E-state index contributed by atoms with van der Waals surface area (Å²) >= 11 is 0. The van der Waals surface area contributed by atoms with E-state index in [0.717, 1.165) is 19.3 Å². The van der Waals surface area contributed by atoms with Gasteiger partial charge in [-0.15, -0.1) is 0 Å². The van der Waals surface area contributed by atoms with Crippen molar-refractivity contribution in [1.82, 2.24) is 9.62 Å². The number of sulfonamides is 1. The fraction of sp³-hybridized carbons (Fsp3) is 1.00. The van der Waals surface area contributed by atoms with Crippen molar-refractivity contribution in [2.75, 3.05) is 20.1 Å². The Labute approximate surface area is 93.1 Å². The predicted octanol–water partition coefficient (Wildman–Crippen LogP) is 0.798. The molecule has 0 aliphatic carbocycles. The van der Waals surface area contributed by atoms with E-state index in [0.29, 0.717) is 13.1 Å². The second-order valence-corrected chi connectivity index (χ2v) is 6.67. The standard InChI is InChI=1S/C10H22N2O2S/c1-9-6-4-5-7-12(9)15(13,14)10(2)8-11-3/h9-11H,4-8H2,1-3H3. The Hall–Kier alpha value is -0.130. The van der Waals surface area contributed by atoms with Gasteiger partial charge in [0.1, 0.15) is 0 Å². The largest absolute Gasteiger partial charge is 0.318 e. The first-order valence-corrected chi connectivity index (χ1v) is 7.15. The normalized spacial score (nSPS) is 26.5. The molecular formula is C10H22N2O2S. The Balaban J connectivity index is 2.75. The van der Waals surface area contributed by atoms with E-state index in [1.165, 1.54) is 0 Å². The quantitative estimate of drug-likeness (QED) is 0.783. The van der Waals surface area contributed by atoms with E-state index in [1.807, 2.05) is 6.92 Å². The molecule has 1 heterocycles. The van der Waals surface area contributed by atoms with Crippen molar-refractivity contribution >= 4 is 10.0 Å².